The molecule has 1 N–H and O–H groups in total. The lowest BCUT2D eigenvalue weighted by molar-refractivity contribution is -0.138. The molecule has 94 valence electrons. The lowest BCUT2D eigenvalue weighted by atomic mass is 10.2. The number of cyclic esters (lactones) is 1. The Kier molecular flexibility index (Phi) is 2.37. The normalized spacial score (nSPS) is 26.8. The van der Waals surface area contributed by atoms with E-state index in [1.165, 1.54) is 6.07 Å². The van der Waals surface area contributed by atoms with Crippen LogP contribution in [0.3, 0.4) is 0 Å². The Labute approximate surface area is 104 Å². The van der Waals surface area contributed by atoms with Crippen LogP contribution in [0, 0.1) is 0 Å². The van der Waals surface area contributed by atoms with Crippen LogP contribution >= 0.6 is 0 Å². The Hall–Kier alpha value is -1.89. The van der Waals surface area contributed by atoms with Crippen molar-refractivity contribution >= 4 is 21.8 Å². The van der Waals surface area contributed by atoms with Gasteiger partial charge in [0, 0.05) is 12.0 Å². The van der Waals surface area contributed by atoms with Crippen LogP contribution in [-0.4, -0.2) is 32.9 Å². The number of rotatable bonds is 1. The van der Waals surface area contributed by atoms with Crippen LogP contribution in [0.15, 0.2) is 34.2 Å². The maximum Gasteiger partial charge on any atom is 0.331 e. The van der Waals surface area contributed by atoms with Gasteiger partial charge in [0.15, 0.2) is 6.04 Å². The number of amidine groups is 1. The summed E-state index contributed by atoms with van der Waals surface area (Å²) in [6.45, 7) is 0.328. The highest BCUT2D eigenvalue weighted by molar-refractivity contribution is 7.90. The molecule has 0 amide bonds. The molecule has 0 aliphatic carbocycles. The second kappa shape index (κ2) is 3.81. The van der Waals surface area contributed by atoms with Crippen molar-refractivity contribution in [3.8, 4) is 0 Å². The third kappa shape index (κ3) is 1.67. The molecule has 1 atom stereocenters. The SMILES string of the molecule is O=C1OCCC1N=C1NS(=O)(=O)c2ccccc21. The highest BCUT2D eigenvalue weighted by Crippen LogP contribution is 2.23. The van der Waals surface area contributed by atoms with Gasteiger partial charge in [-0.05, 0) is 12.1 Å². The van der Waals surface area contributed by atoms with E-state index in [0.29, 0.717) is 18.6 Å². The molecule has 2 aliphatic heterocycles. The number of aliphatic imine (C=N–C) groups is 1. The first-order chi connectivity index (χ1) is 8.58. The Morgan fingerprint density at radius 1 is 1.33 bits per heavy atom. The molecule has 7 heteroatoms. The predicted octanol–water partition coefficient (Wildman–Crippen LogP) is 0.0406. The van der Waals surface area contributed by atoms with Crippen LogP contribution in [0.4, 0.5) is 0 Å². The highest BCUT2D eigenvalue weighted by atomic mass is 32.2. The molecule has 0 spiro atoms. The van der Waals surface area contributed by atoms with E-state index in [4.69, 9.17) is 4.74 Å². The fourth-order valence-corrected chi connectivity index (χ4v) is 3.23. The zero-order valence-electron chi connectivity index (χ0n) is 9.29. The summed E-state index contributed by atoms with van der Waals surface area (Å²) in [5.41, 5.74) is 0.497. The van der Waals surface area contributed by atoms with E-state index in [2.05, 4.69) is 9.71 Å². The molecule has 18 heavy (non-hydrogen) atoms. The predicted molar refractivity (Wildman–Crippen MR) is 62.7 cm³/mol. The smallest absolute Gasteiger partial charge is 0.331 e. The molecule has 6 nitrogen and oxygen atoms in total. The van der Waals surface area contributed by atoms with Crippen molar-refractivity contribution in [2.45, 2.75) is 17.4 Å². The molecule has 3 rings (SSSR count). The van der Waals surface area contributed by atoms with Crippen molar-refractivity contribution in [3.63, 3.8) is 0 Å². The lowest BCUT2D eigenvalue weighted by Gasteiger charge is -2.01. The number of nitrogens with zero attached hydrogens (tertiary/aromatic N) is 1. The number of sulfonamides is 1. The fourth-order valence-electron chi connectivity index (χ4n) is 1.99. The van der Waals surface area contributed by atoms with E-state index < -0.39 is 22.0 Å². The summed E-state index contributed by atoms with van der Waals surface area (Å²) in [4.78, 5) is 15.7. The van der Waals surface area contributed by atoms with Gasteiger partial charge in [0.1, 0.15) is 5.84 Å². The minimum atomic E-state index is -3.55. The van der Waals surface area contributed by atoms with E-state index in [-0.39, 0.29) is 10.7 Å². The van der Waals surface area contributed by atoms with Gasteiger partial charge in [-0.1, -0.05) is 12.1 Å². The van der Waals surface area contributed by atoms with Crippen LogP contribution in [0.2, 0.25) is 0 Å². The molecule has 0 aromatic heterocycles. The quantitative estimate of drug-likeness (QED) is 0.727. The van der Waals surface area contributed by atoms with Crippen LogP contribution in [0.5, 0.6) is 0 Å². The van der Waals surface area contributed by atoms with Crippen LogP contribution < -0.4 is 4.72 Å². The molecule has 2 aliphatic rings. The van der Waals surface area contributed by atoms with Crippen LogP contribution in [0.1, 0.15) is 12.0 Å². The van der Waals surface area contributed by atoms with E-state index in [1.807, 2.05) is 0 Å². The molecule has 0 radical (unpaired) electrons. The monoisotopic (exact) mass is 266 g/mol. The topological polar surface area (TPSA) is 84.8 Å². The Bertz CT molecular complexity index is 651. The number of carbonyl (C=O) groups is 1. The molecular weight excluding hydrogens is 256 g/mol. The third-order valence-electron chi connectivity index (χ3n) is 2.86. The number of hydrogen-bond acceptors (Lipinski definition) is 5. The van der Waals surface area contributed by atoms with Gasteiger partial charge in [0.2, 0.25) is 0 Å². The van der Waals surface area contributed by atoms with Gasteiger partial charge in [-0.3, -0.25) is 9.71 Å². The summed E-state index contributed by atoms with van der Waals surface area (Å²) in [6.07, 6.45) is 0.478. The zero-order chi connectivity index (χ0) is 12.8. The van der Waals surface area contributed by atoms with Gasteiger partial charge in [0.25, 0.3) is 10.0 Å². The summed E-state index contributed by atoms with van der Waals surface area (Å²) in [5.74, 6) is -0.194. The number of benzene rings is 1. The van der Waals surface area contributed by atoms with Crippen LogP contribution in [-0.2, 0) is 19.6 Å². The van der Waals surface area contributed by atoms with Gasteiger partial charge in [-0.15, -0.1) is 0 Å². The van der Waals surface area contributed by atoms with Crippen molar-refractivity contribution in [3.05, 3.63) is 29.8 Å². The van der Waals surface area contributed by atoms with E-state index >= 15 is 0 Å². The van der Waals surface area contributed by atoms with Gasteiger partial charge in [0.05, 0.1) is 11.5 Å². The standard InChI is InChI=1S/C11H10N2O4S/c14-11-8(5-6-17-11)12-10-7-3-1-2-4-9(7)18(15,16)13-10/h1-4,8H,5-6H2,(H,12,13). The lowest BCUT2D eigenvalue weighted by Crippen LogP contribution is -2.25. The first-order valence-electron chi connectivity index (χ1n) is 5.44. The highest BCUT2D eigenvalue weighted by Gasteiger charge is 2.33. The summed E-state index contributed by atoms with van der Waals surface area (Å²) < 4.78 is 30.8. The Morgan fingerprint density at radius 2 is 2.11 bits per heavy atom. The summed E-state index contributed by atoms with van der Waals surface area (Å²) in [5, 5.41) is 0. The fraction of sp³-hybridized carbons (Fsp3) is 0.273. The minimum absolute atomic E-state index is 0.190. The second-order valence-electron chi connectivity index (χ2n) is 4.05. The third-order valence-corrected chi connectivity index (χ3v) is 4.25. The number of carbonyl (C=O) groups excluding carboxylic acids is 1. The number of esters is 1. The Morgan fingerprint density at radius 3 is 2.83 bits per heavy atom. The van der Waals surface area contributed by atoms with Crippen molar-refractivity contribution in [2.75, 3.05) is 6.61 Å². The summed E-state index contributed by atoms with van der Waals surface area (Å²) in [6, 6.07) is 5.92. The van der Waals surface area contributed by atoms with Crippen LogP contribution in [0.25, 0.3) is 0 Å². The molecule has 1 fully saturated rings. The molecule has 1 aromatic carbocycles. The van der Waals surface area contributed by atoms with E-state index in [1.54, 1.807) is 18.2 Å². The molecule has 0 saturated carbocycles. The van der Waals surface area contributed by atoms with Gasteiger partial charge in [-0.25, -0.2) is 13.2 Å². The molecule has 1 unspecified atom stereocenters. The second-order valence-corrected chi connectivity index (χ2v) is 5.70. The van der Waals surface area contributed by atoms with Gasteiger partial charge >= 0.3 is 5.97 Å². The molecule has 2 heterocycles. The molecular formula is C11H10N2O4S. The van der Waals surface area contributed by atoms with Crippen molar-refractivity contribution in [2.24, 2.45) is 4.99 Å². The Balaban J connectivity index is 2.06. The summed E-state index contributed by atoms with van der Waals surface area (Å²) >= 11 is 0. The largest absolute Gasteiger partial charge is 0.464 e. The van der Waals surface area contributed by atoms with Crippen molar-refractivity contribution in [1.29, 1.82) is 0 Å². The molecule has 0 bridgehead atoms. The minimum Gasteiger partial charge on any atom is -0.464 e. The summed E-state index contributed by atoms with van der Waals surface area (Å²) in [7, 11) is -3.55. The first-order valence-corrected chi connectivity index (χ1v) is 6.93. The maximum atomic E-state index is 11.8. The first kappa shape index (κ1) is 11.2. The maximum absolute atomic E-state index is 11.8. The van der Waals surface area contributed by atoms with Gasteiger partial charge < -0.3 is 4.74 Å². The van der Waals surface area contributed by atoms with E-state index in [0.717, 1.165) is 0 Å². The number of hydrogen-bond donors (Lipinski definition) is 1. The average Bonchev–Trinajstić information content (AvgIpc) is 2.84. The van der Waals surface area contributed by atoms with Gasteiger partial charge in [-0.2, -0.15) is 0 Å². The zero-order valence-corrected chi connectivity index (χ0v) is 10.1. The number of fused-ring (bicyclic) bond motifs is 1. The average molecular weight is 266 g/mol. The molecule has 1 saturated heterocycles. The number of ether oxygens (including phenoxy) is 1. The van der Waals surface area contributed by atoms with Crippen molar-refractivity contribution < 1.29 is 17.9 Å². The molecule has 1 aromatic rings. The van der Waals surface area contributed by atoms with Crippen molar-refractivity contribution in [1.82, 2.24) is 4.72 Å². The van der Waals surface area contributed by atoms with E-state index in [9.17, 15) is 13.2 Å². The number of nitrogens with one attached hydrogen (secondary N) is 1.